The van der Waals surface area contributed by atoms with E-state index in [0.29, 0.717) is 11.8 Å². The Morgan fingerprint density at radius 1 is 0.966 bits per heavy atom. The van der Waals surface area contributed by atoms with Crippen LogP contribution < -0.4 is 20.3 Å². The number of nitrogens with one attached hydrogen (secondary N) is 2. The number of aromatic nitrogens is 3. The number of methoxy groups -OCH3 is 1. The number of hydrogen-bond acceptors (Lipinski definition) is 7. The standard InChI is InChI=1S/C22H26N6O/c1-16-6-11-20(29-2)19(14-16)25-22-26-21(15-23-27-22)24-17-7-9-18(10-8-17)28-12-4-3-5-13-28/h6-11,14-15H,3-5,12-13H2,1-2H3,(H2,24,25,26,27). The SMILES string of the molecule is COc1ccc(C)cc1Nc1nncc(Nc2ccc(N3CCCCC3)cc2)n1. The van der Waals surface area contributed by atoms with Crippen molar-refractivity contribution in [1.82, 2.24) is 15.2 Å². The smallest absolute Gasteiger partial charge is 0.249 e. The predicted molar refractivity (Wildman–Crippen MR) is 117 cm³/mol. The molecule has 3 aromatic rings. The summed E-state index contributed by atoms with van der Waals surface area (Å²) >= 11 is 0. The molecular weight excluding hydrogens is 364 g/mol. The van der Waals surface area contributed by atoms with Crippen molar-refractivity contribution in [1.29, 1.82) is 0 Å². The van der Waals surface area contributed by atoms with Crippen LogP contribution in [-0.2, 0) is 0 Å². The molecule has 2 heterocycles. The van der Waals surface area contributed by atoms with Gasteiger partial charge in [0.25, 0.3) is 0 Å². The molecule has 1 saturated heterocycles. The molecule has 1 aromatic heterocycles. The summed E-state index contributed by atoms with van der Waals surface area (Å²) < 4.78 is 5.40. The highest BCUT2D eigenvalue weighted by Crippen LogP contribution is 2.28. The van der Waals surface area contributed by atoms with Gasteiger partial charge in [0.2, 0.25) is 5.95 Å². The molecule has 0 bridgehead atoms. The fourth-order valence-corrected chi connectivity index (χ4v) is 3.51. The van der Waals surface area contributed by atoms with Gasteiger partial charge in [-0.05, 0) is 68.1 Å². The first kappa shape index (κ1) is 19.0. The van der Waals surface area contributed by atoms with E-state index < -0.39 is 0 Å². The van der Waals surface area contributed by atoms with E-state index in [9.17, 15) is 0 Å². The van der Waals surface area contributed by atoms with Crippen molar-refractivity contribution in [2.24, 2.45) is 0 Å². The summed E-state index contributed by atoms with van der Waals surface area (Å²) in [5.74, 6) is 1.76. The quantitative estimate of drug-likeness (QED) is 0.634. The van der Waals surface area contributed by atoms with Gasteiger partial charge < -0.3 is 20.3 Å². The minimum atomic E-state index is 0.406. The number of rotatable bonds is 6. The van der Waals surface area contributed by atoms with Crippen LogP contribution in [0.25, 0.3) is 0 Å². The Balaban J connectivity index is 1.46. The molecule has 0 radical (unpaired) electrons. The second kappa shape index (κ2) is 8.77. The van der Waals surface area contributed by atoms with E-state index in [-0.39, 0.29) is 0 Å². The first-order chi connectivity index (χ1) is 14.2. The van der Waals surface area contributed by atoms with Crippen molar-refractivity contribution in [2.75, 3.05) is 35.7 Å². The number of piperidine rings is 1. The van der Waals surface area contributed by atoms with Crippen molar-refractivity contribution in [3.63, 3.8) is 0 Å². The van der Waals surface area contributed by atoms with E-state index >= 15 is 0 Å². The monoisotopic (exact) mass is 390 g/mol. The summed E-state index contributed by atoms with van der Waals surface area (Å²) in [6.07, 6.45) is 5.49. The van der Waals surface area contributed by atoms with Gasteiger partial charge in [0, 0.05) is 24.5 Å². The Kier molecular flexibility index (Phi) is 5.74. The number of aryl methyl sites for hydroxylation is 1. The first-order valence-electron chi connectivity index (χ1n) is 9.95. The number of nitrogens with zero attached hydrogens (tertiary/aromatic N) is 4. The van der Waals surface area contributed by atoms with Crippen LogP contribution in [0, 0.1) is 6.92 Å². The predicted octanol–water partition coefficient (Wildman–Crippen LogP) is 4.67. The number of hydrogen-bond donors (Lipinski definition) is 2. The van der Waals surface area contributed by atoms with Crippen LogP contribution >= 0.6 is 0 Å². The molecule has 29 heavy (non-hydrogen) atoms. The Morgan fingerprint density at radius 3 is 2.52 bits per heavy atom. The van der Waals surface area contributed by atoms with Gasteiger partial charge in [0.15, 0.2) is 5.82 Å². The average Bonchev–Trinajstić information content (AvgIpc) is 2.75. The fourth-order valence-electron chi connectivity index (χ4n) is 3.51. The molecule has 0 unspecified atom stereocenters. The lowest BCUT2D eigenvalue weighted by Gasteiger charge is -2.28. The molecule has 2 aromatic carbocycles. The average molecular weight is 390 g/mol. The minimum absolute atomic E-state index is 0.406. The molecule has 7 heteroatoms. The Morgan fingerprint density at radius 2 is 1.76 bits per heavy atom. The Labute approximate surface area is 171 Å². The van der Waals surface area contributed by atoms with Gasteiger partial charge in [-0.25, -0.2) is 0 Å². The van der Waals surface area contributed by atoms with Crippen molar-refractivity contribution < 1.29 is 4.74 Å². The second-order valence-corrected chi connectivity index (χ2v) is 7.21. The molecule has 150 valence electrons. The summed E-state index contributed by atoms with van der Waals surface area (Å²) in [5.41, 5.74) is 4.15. The lowest BCUT2D eigenvalue weighted by Crippen LogP contribution is -2.29. The van der Waals surface area contributed by atoms with Crippen LogP contribution in [-0.4, -0.2) is 35.4 Å². The summed E-state index contributed by atoms with van der Waals surface area (Å²) in [7, 11) is 1.64. The third kappa shape index (κ3) is 4.74. The van der Waals surface area contributed by atoms with Crippen LogP contribution in [0.3, 0.4) is 0 Å². The maximum Gasteiger partial charge on any atom is 0.249 e. The summed E-state index contributed by atoms with van der Waals surface area (Å²) in [4.78, 5) is 6.96. The van der Waals surface area contributed by atoms with Crippen molar-refractivity contribution in [3.05, 3.63) is 54.2 Å². The van der Waals surface area contributed by atoms with Gasteiger partial charge in [-0.1, -0.05) is 6.07 Å². The second-order valence-electron chi connectivity index (χ2n) is 7.21. The molecule has 0 spiro atoms. The van der Waals surface area contributed by atoms with E-state index in [1.165, 1.54) is 24.9 Å². The summed E-state index contributed by atoms with van der Waals surface area (Å²) in [6.45, 7) is 4.30. The molecule has 0 amide bonds. The molecule has 0 aliphatic carbocycles. The number of benzene rings is 2. The van der Waals surface area contributed by atoms with Gasteiger partial charge in [0.1, 0.15) is 5.75 Å². The van der Waals surface area contributed by atoms with Crippen LogP contribution in [0.5, 0.6) is 5.75 Å². The first-order valence-corrected chi connectivity index (χ1v) is 9.95. The maximum atomic E-state index is 5.40. The van der Waals surface area contributed by atoms with Crippen LogP contribution in [0.1, 0.15) is 24.8 Å². The van der Waals surface area contributed by atoms with Crippen LogP contribution in [0.15, 0.2) is 48.7 Å². The zero-order valence-corrected chi connectivity index (χ0v) is 16.9. The molecule has 1 aliphatic rings. The minimum Gasteiger partial charge on any atom is -0.495 e. The fraction of sp³-hybridized carbons (Fsp3) is 0.318. The zero-order chi connectivity index (χ0) is 20.1. The van der Waals surface area contributed by atoms with Gasteiger partial charge in [-0.2, -0.15) is 10.1 Å². The highest BCUT2D eigenvalue weighted by Gasteiger charge is 2.11. The summed E-state index contributed by atoms with van der Waals surface area (Å²) in [6, 6.07) is 14.3. The summed E-state index contributed by atoms with van der Waals surface area (Å²) in [5, 5.41) is 14.6. The molecule has 7 nitrogen and oxygen atoms in total. The van der Waals surface area contributed by atoms with Crippen LogP contribution in [0.4, 0.5) is 28.8 Å². The zero-order valence-electron chi connectivity index (χ0n) is 16.9. The Bertz CT molecular complexity index is 954. The highest BCUT2D eigenvalue weighted by atomic mass is 16.5. The lowest BCUT2D eigenvalue weighted by atomic mass is 10.1. The molecule has 2 N–H and O–H groups in total. The van der Waals surface area contributed by atoms with E-state index in [1.807, 2.05) is 25.1 Å². The third-order valence-corrected chi connectivity index (χ3v) is 5.02. The topological polar surface area (TPSA) is 75.2 Å². The van der Waals surface area contributed by atoms with Crippen molar-refractivity contribution in [2.45, 2.75) is 26.2 Å². The molecule has 1 aliphatic heterocycles. The van der Waals surface area contributed by atoms with Crippen molar-refractivity contribution >= 4 is 28.8 Å². The normalized spacial score (nSPS) is 13.8. The lowest BCUT2D eigenvalue weighted by molar-refractivity contribution is 0.416. The number of anilines is 5. The van der Waals surface area contributed by atoms with E-state index in [0.717, 1.165) is 35.8 Å². The molecular formula is C22H26N6O. The van der Waals surface area contributed by atoms with E-state index in [4.69, 9.17) is 4.74 Å². The van der Waals surface area contributed by atoms with Gasteiger partial charge >= 0.3 is 0 Å². The Hall–Kier alpha value is -3.35. The largest absolute Gasteiger partial charge is 0.495 e. The number of ether oxygens (including phenoxy) is 1. The van der Waals surface area contributed by atoms with Gasteiger partial charge in [-0.15, -0.1) is 5.10 Å². The van der Waals surface area contributed by atoms with E-state index in [2.05, 4.69) is 55.0 Å². The molecule has 0 atom stereocenters. The highest BCUT2D eigenvalue weighted by molar-refractivity contribution is 5.65. The van der Waals surface area contributed by atoms with E-state index in [1.54, 1.807) is 13.3 Å². The maximum absolute atomic E-state index is 5.40. The molecule has 1 fully saturated rings. The van der Waals surface area contributed by atoms with Crippen molar-refractivity contribution in [3.8, 4) is 5.75 Å². The molecule has 4 rings (SSSR count). The third-order valence-electron chi connectivity index (χ3n) is 5.02. The molecule has 0 saturated carbocycles. The van der Waals surface area contributed by atoms with Gasteiger partial charge in [0.05, 0.1) is 19.0 Å². The van der Waals surface area contributed by atoms with Crippen LogP contribution in [0.2, 0.25) is 0 Å². The van der Waals surface area contributed by atoms with Gasteiger partial charge in [-0.3, -0.25) is 0 Å².